The second kappa shape index (κ2) is 7.93. The number of hydrogen-bond donors (Lipinski definition) is 2. The van der Waals surface area contributed by atoms with Gasteiger partial charge in [-0.1, -0.05) is 53.1 Å². The van der Waals surface area contributed by atoms with Crippen LogP contribution in [-0.2, 0) is 15.3 Å². The van der Waals surface area contributed by atoms with Crippen LogP contribution in [0, 0.1) is 5.82 Å². The van der Waals surface area contributed by atoms with Crippen LogP contribution in [0.1, 0.15) is 12.0 Å². The van der Waals surface area contributed by atoms with Crippen LogP contribution >= 0.6 is 34.9 Å². The minimum absolute atomic E-state index is 0.125. The molecule has 1 aromatic carbocycles. The predicted octanol–water partition coefficient (Wildman–Crippen LogP) is 2.65. The molecule has 0 aliphatic carbocycles. The van der Waals surface area contributed by atoms with E-state index in [1.807, 2.05) is 0 Å². The highest BCUT2D eigenvalue weighted by Crippen LogP contribution is 2.29. The number of thioether (sulfide) groups is 2. The second-order valence-corrected chi connectivity index (χ2v) is 8.26. The van der Waals surface area contributed by atoms with Gasteiger partial charge < -0.3 is 5.32 Å². The van der Waals surface area contributed by atoms with E-state index in [-0.39, 0.29) is 17.4 Å². The molecule has 1 atom stereocenters. The number of anilines is 1. The molecule has 1 unspecified atom stereocenters. The molecule has 2 aromatic rings. The van der Waals surface area contributed by atoms with E-state index in [1.165, 1.54) is 17.8 Å². The quantitative estimate of drug-likeness (QED) is 0.570. The zero-order valence-electron chi connectivity index (χ0n) is 12.5. The van der Waals surface area contributed by atoms with Gasteiger partial charge in [0, 0.05) is 12.2 Å². The molecule has 0 bridgehead atoms. The molecule has 1 aliphatic heterocycles. The number of hydrogen-bond acceptors (Lipinski definition) is 8. The predicted molar refractivity (Wildman–Crippen MR) is 94.0 cm³/mol. The van der Waals surface area contributed by atoms with Gasteiger partial charge in [-0.05, 0) is 11.6 Å². The fourth-order valence-corrected chi connectivity index (χ4v) is 4.51. The highest BCUT2D eigenvalue weighted by Gasteiger charge is 2.33. The molecule has 2 N–H and O–H groups in total. The van der Waals surface area contributed by atoms with Crippen LogP contribution in [0.5, 0.6) is 0 Å². The van der Waals surface area contributed by atoms with Crippen molar-refractivity contribution in [1.29, 1.82) is 0 Å². The number of aromatic nitrogens is 2. The standard InChI is InChI=1S/C14H11FN4O3S3/c15-8-4-2-1-3-7(8)6-23-14-19-18-12(25-14)16-10(20)5-9-11(21)17-13(22)24-9/h1-4,9H,5-6H2,(H,16,18,20)(H,17,21,22). The van der Waals surface area contributed by atoms with E-state index < -0.39 is 22.3 Å². The molecule has 1 aromatic heterocycles. The first-order valence-electron chi connectivity index (χ1n) is 7.02. The Morgan fingerprint density at radius 3 is 2.84 bits per heavy atom. The molecule has 3 amide bonds. The Labute approximate surface area is 154 Å². The number of halogens is 1. The van der Waals surface area contributed by atoms with Gasteiger partial charge in [0.05, 0.1) is 0 Å². The number of rotatable bonds is 6. The summed E-state index contributed by atoms with van der Waals surface area (Å²) in [6, 6.07) is 6.46. The fourth-order valence-electron chi connectivity index (χ4n) is 1.94. The Bertz CT molecular complexity index is 829. The van der Waals surface area contributed by atoms with Crippen LogP contribution < -0.4 is 10.6 Å². The summed E-state index contributed by atoms with van der Waals surface area (Å²) in [6.45, 7) is 0. The van der Waals surface area contributed by atoms with Gasteiger partial charge in [-0.3, -0.25) is 19.7 Å². The number of carbonyl (C=O) groups excluding carboxylic acids is 3. The summed E-state index contributed by atoms with van der Waals surface area (Å²) in [4.78, 5) is 34.4. The number of benzene rings is 1. The van der Waals surface area contributed by atoms with Crippen molar-refractivity contribution >= 4 is 57.0 Å². The minimum Gasteiger partial charge on any atom is -0.300 e. The van der Waals surface area contributed by atoms with Crippen LogP contribution in [0.3, 0.4) is 0 Å². The highest BCUT2D eigenvalue weighted by atomic mass is 32.2. The van der Waals surface area contributed by atoms with Crippen LogP contribution in [0.25, 0.3) is 0 Å². The molecule has 3 rings (SSSR count). The molecule has 1 fully saturated rings. The van der Waals surface area contributed by atoms with E-state index in [9.17, 15) is 18.8 Å². The summed E-state index contributed by atoms with van der Waals surface area (Å²) >= 11 is 3.26. The molecule has 11 heteroatoms. The van der Waals surface area contributed by atoms with Crippen molar-refractivity contribution in [2.24, 2.45) is 0 Å². The van der Waals surface area contributed by atoms with Crippen molar-refractivity contribution in [2.75, 3.05) is 5.32 Å². The van der Waals surface area contributed by atoms with E-state index in [1.54, 1.807) is 18.2 Å². The van der Waals surface area contributed by atoms with Crippen molar-refractivity contribution < 1.29 is 18.8 Å². The highest BCUT2D eigenvalue weighted by molar-refractivity contribution is 8.15. The lowest BCUT2D eigenvalue weighted by Gasteiger charge is -2.03. The van der Waals surface area contributed by atoms with Gasteiger partial charge in [-0.2, -0.15) is 0 Å². The molecule has 0 radical (unpaired) electrons. The number of nitrogens with zero attached hydrogens (tertiary/aromatic N) is 2. The SMILES string of the molecule is O=C(CC1SC(=O)NC1=O)Nc1nnc(SCc2ccccc2F)s1. The lowest BCUT2D eigenvalue weighted by atomic mass is 10.2. The molecule has 1 saturated heterocycles. The number of carbonyl (C=O) groups is 3. The summed E-state index contributed by atoms with van der Waals surface area (Å²) in [5, 5.41) is 11.6. The van der Waals surface area contributed by atoms with Gasteiger partial charge in [-0.25, -0.2) is 4.39 Å². The Balaban J connectivity index is 1.51. The molecule has 7 nitrogen and oxygen atoms in total. The molecule has 130 valence electrons. The molecule has 0 spiro atoms. The van der Waals surface area contributed by atoms with Gasteiger partial charge in [0.2, 0.25) is 16.9 Å². The average molecular weight is 398 g/mol. The van der Waals surface area contributed by atoms with Crippen molar-refractivity contribution in [1.82, 2.24) is 15.5 Å². The molecular weight excluding hydrogens is 387 g/mol. The third-order valence-corrected chi connectivity index (χ3v) is 6.10. The van der Waals surface area contributed by atoms with Crippen LogP contribution in [0.4, 0.5) is 14.3 Å². The largest absolute Gasteiger partial charge is 0.300 e. The topological polar surface area (TPSA) is 101 Å². The third-order valence-electron chi connectivity index (χ3n) is 3.10. The Morgan fingerprint density at radius 2 is 2.12 bits per heavy atom. The van der Waals surface area contributed by atoms with E-state index >= 15 is 0 Å². The van der Waals surface area contributed by atoms with Crippen LogP contribution in [-0.4, -0.2) is 32.5 Å². The van der Waals surface area contributed by atoms with Crippen molar-refractivity contribution in [3.05, 3.63) is 35.6 Å². The van der Waals surface area contributed by atoms with Gasteiger partial charge in [0.1, 0.15) is 11.1 Å². The first kappa shape index (κ1) is 17.8. The first-order chi connectivity index (χ1) is 12.0. The van der Waals surface area contributed by atoms with Crippen molar-refractivity contribution in [3.63, 3.8) is 0 Å². The summed E-state index contributed by atoms with van der Waals surface area (Å²) in [5.41, 5.74) is 0.558. The lowest BCUT2D eigenvalue weighted by Crippen LogP contribution is -2.27. The number of imide groups is 1. The molecule has 25 heavy (non-hydrogen) atoms. The average Bonchev–Trinajstić information content (AvgIpc) is 3.13. The monoisotopic (exact) mass is 398 g/mol. The van der Waals surface area contributed by atoms with Crippen LogP contribution in [0.15, 0.2) is 28.6 Å². The maximum atomic E-state index is 13.6. The van der Waals surface area contributed by atoms with E-state index in [2.05, 4.69) is 20.8 Å². The van der Waals surface area contributed by atoms with Crippen LogP contribution in [0.2, 0.25) is 0 Å². The first-order valence-corrected chi connectivity index (χ1v) is 9.70. The molecule has 1 aliphatic rings. The smallest absolute Gasteiger partial charge is 0.286 e. The lowest BCUT2D eigenvalue weighted by molar-refractivity contribution is -0.122. The molecular formula is C14H11FN4O3S3. The van der Waals surface area contributed by atoms with Crippen molar-refractivity contribution in [2.45, 2.75) is 21.8 Å². The van der Waals surface area contributed by atoms with E-state index in [0.29, 0.717) is 15.7 Å². The normalized spacial score (nSPS) is 16.8. The Morgan fingerprint density at radius 1 is 1.32 bits per heavy atom. The zero-order valence-corrected chi connectivity index (χ0v) is 15.0. The van der Waals surface area contributed by atoms with Gasteiger partial charge in [0.25, 0.3) is 5.24 Å². The maximum Gasteiger partial charge on any atom is 0.286 e. The second-order valence-electron chi connectivity index (χ2n) is 4.89. The number of amides is 3. The third kappa shape index (κ3) is 4.77. The Kier molecular flexibility index (Phi) is 5.66. The summed E-state index contributed by atoms with van der Waals surface area (Å²) < 4.78 is 14.1. The summed E-state index contributed by atoms with van der Waals surface area (Å²) in [7, 11) is 0. The zero-order chi connectivity index (χ0) is 17.8. The van der Waals surface area contributed by atoms with Gasteiger partial charge in [0.15, 0.2) is 4.34 Å². The fraction of sp³-hybridized carbons (Fsp3) is 0.214. The summed E-state index contributed by atoms with van der Waals surface area (Å²) in [5.74, 6) is -0.779. The minimum atomic E-state index is -0.727. The Hall–Kier alpha value is -1.98. The van der Waals surface area contributed by atoms with E-state index in [4.69, 9.17) is 0 Å². The maximum absolute atomic E-state index is 13.6. The van der Waals surface area contributed by atoms with Gasteiger partial charge in [-0.15, -0.1) is 10.2 Å². The van der Waals surface area contributed by atoms with E-state index in [0.717, 1.165) is 23.1 Å². The van der Waals surface area contributed by atoms with Gasteiger partial charge >= 0.3 is 0 Å². The number of nitrogens with one attached hydrogen (secondary N) is 2. The molecule has 2 heterocycles. The van der Waals surface area contributed by atoms with Crippen molar-refractivity contribution in [3.8, 4) is 0 Å². The summed E-state index contributed by atoms with van der Waals surface area (Å²) in [6.07, 6.45) is -0.125. The molecule has 0 saturated carbocycles.